The first-order valence-electron chi connectivity index (χ1n) is 11.7. The van der Waals surface area contributed by atoms with E-state index in [9.17, 15) is 30.3 Å². The molecule has 1 saturated carbocycles. The Hall–Kier alpha value is -1.93. The number of benzene rings is 1. The van der Waals surface area contributed by atoms with Gasteiger partial charge in [0.15, 0.2) is 12.6 Å². The number of esters is 1. The lowest BCUT2D eigenvalue weighted by Crippen LogP contribution is -2.61. The number of ether oxygens (including phenoxy) is 5. The molecule has 35 heavy (non-hydrogen) atoms. The molecule has 0 spiro atoms. The molecule has 1 aromatic carbocycles. The van der Waals surface area contributed by atoms with E-state index in [1.165, 1.54) is 6.08 Å². The van der Waals surface area contributed by atoms with Crippen molar-refractivity contribution in [3.8, 4) is 0 Å². The Kier molecular flexibility index (Phi) is 6.96. The van der Waals surface area contributed by atoms with Gasteiger partial charge in [-0.05, 0) is 18.1 Å². The number of carbonyl (C=O) groups is 1. The lowest BCUT2D eigenvalue weighted by Gasteiger charge is -2.44. The summed E-state index contributed by atoms with van der Waals surface area (Å²) in [6.45, 7) is -0.461. The van der Waals surface area contributed by atoms with Gasteiger partial charge in [0.2, 0.25) is 0 Å². The monoisotopic (exact) mass is 494 g/mol. The van der Waals surface area contributed by atoms with Gasteiger partial charge in [-0.2, -0.15) is 0 Å². The molecule has 5 N–H and O–H groups in total. The minimum atomic E-state index is -1.60. The van der Waals surface area contributed by atoms with Crippen LogP contribution < -0.4 is 0 Å². The average Bonchev–Trinajstić information content (AvgIpc) is 3.56. The standard InChI is InChI=1S/C24H30O11/c25-10-14-18(28)19(29)20(30)23(33-14)34-22-16-13(8-9-31-22)17(27)21-24(16,35-21)11-32-15(26)7-6-12-4-2-1-3-5-12/h1-7,13-14,16-23,25,27-30H,8-11H2/b7-6+/t13-,14-,16-,17+,18-,19+,20-,21+,22+,23+,24-/m1/s1. The molecule has 11 nitrogen and oxygen atoms in total. The molecule has 3 aliphatic heterocycles. The first-order valence-corrected chi connectivity index (χ1v) is 11.7. The second-order valence-electron chi connectivity index (χ2n) is 9.39. The Balaban J connectivity index is 1.27. The number of aliphatic hydroxyl groups excluding tert-OH is 5. The molecule has 1 aliphatic carbocycles. The summed E-state index contributed by atoms with van der Waals surface area (Å²) in [6, 6.07) is 9.27. The van der Waals surface area contributed by atoms with Crippen LogP contribution in [0, 0.1) is 11.8 Å². The van der Waals surface area contributed by atoms with Crippen molar-refractivity contribution in [3.05, 3.63) is 42.0 Å². The third-order valence-electron chi connectivity index (χ3n) is 7.34. The number of hydrogen-bond acceptors (Lipinski definition) is 11. The van der Waals surface area contributed by atoms with Crippen LogP contribution in [-0.2, 0) is 28.5 Å². The first kappa shape index (κ1) is 24.8. The summed E-state index contributed by atoms with van der Waals surface area (Å²) in [5.74, 6) is -1.39. The van der Waals surface area contributed by atoms with Gasteiger partial charge in [0.25, 0.3) is 0 Å². The number of hydrogen-bond donors (Lipinski definition) is 5. The fourth-order valence-electron chi connectivity index (χ4n) is 5.44. The Bertz CT molecular complexity index is 923. The van der Waals surface area contributed by atoms with Crippen LogP contribution in [0.15, 0.2) is 36.4 Å². The third-order valence-corrected chi connectivity index (χ3v) is 7.34. The van der Waals surface area contributed by atoms with E-state index in [-0.39, 0.29) is 19.1 Å². The first-order chi connectivity index (χ1) is 16.9. The molecule has 4 fully saturated rings. The zero-order valence-electron chi connectivity index (χ0n) is 18.8. The fourth-order valence-corrected chi connectivity index (χ4v) is 5.44. The molecule has 192 valence electrons. The van der Waals surface area contributed by atoms with Gasteiger partial charge in [-0.1, -0.05) is 30.3 Å². The van der Waals surface area contributed by atoms with Crippen molar-refractivity contribution < 1.29 is 54.0 Å². The molecule has 3 saturated heterocycles. The number of fused-ring (bicyclic) bond motifs is 3. The van der Waals surface area contributed by atoms with Gasteiger partial charge in [-0.3, -0.25) is 0 Å². The lowest BCUT2D eigenvalue weighted by molar-refractivity contribution is -0.356. The van der Waals surface area contributed by atoms with E-state index >= 15 is 0 Å². The highest BCUT2D eigenvalue weighted by atomic mass is 16.8. The summed E-state index contributed by atoms with van der Waals surface area (Å²) in [6.07, 6.45) is -6.19. The van der Waals surface area contributed by atoms with Crippen molar-refractivity contribution in [1.82, 2.24) is 0 Å². The summed E-state index contributed by atoms with van der Waals surface area (Å²) < 4.78 is 28.4. The van der Waals surface area contributed by atoms with Crippen LogP contribution in [0.4, 0.5) is 0 Å². The van der Waals surface area contributed by atoms with Crippen molar-refractivity contribution in [2.45, 2.75) is 61.2 Å². The molecular weight excluding hydrogens is 464 g/mol. The molecule has 5 rings (SSSR count). The van der Waals surface area contributed by atoms with E-state index in [1.807, 2.05) is 30.3 Å². The molecule has 0 unspecified atom stereocenters. The smallest absolute Gasteiger partial charge is 0.330 e. The zero-order valence-corrected chi connectivity index (χ0v) is 18.8. The molecule has 11 heteroatoms. The van der Waals surface area contributed by atoms with Crippen molar-refractivity contribution in [2.75, 3.05) is 19.8 Å². The van der Waals surface area contributed by atoms with E-state index < -0.39 is 73.3 Å². The quantitative estimate of drug-likeness (QED) is 0.171. The number of aliphatic hydroxyl groups is 5. The van der Waals surface area contributed by atoms with Crippen LogP contribution in [0.2, 0.25) is 0 Å². The highest BCUT2D eigenvalue weighted by Gasteiger charge is 2.76. The van der Waals surface area contributed by atoms with Crippen molar-refractivity contribution >= 4 is 12.0 Å². The number of epoxide rings is 1. The van der Waals surface area contributed by atoms with Crippen LogP contribution in [0.5, 0.6) is 0 Å². The molecule has 0 aromatic heterocycles. The van der Waals surface area contributed by atoms with Crippen LogP contribution in [0.3, 0.4) is 0 Å². The summed E-state index contributed by atoms with van der Waals surface area (Å²) in [4.78, 5) is 12.3. The lowest BCUT2D eigenvalue weighted by atomic mass is 9.83. The third kappa shape index (κ3) is 4.52. The molecule has 0 bridgehead atoms. The second-order valence-corrected chi connectivity index (χ2v) is 9.39. The summed E-state index contributed by atoms with van der Waals surface area (Å²) in [5.41, 5.74) is -0.187. The molecule has 3 heterocycles. The molecule has 11 atom stereocenters. The van der Waals surface area contributed by atoms with Gasteiger partial charge in [0, 0.05) is 12.0 Å². The maximum absolute atomic E-state index is 12.3. The van der Waals surface area contributed by atoms with Gasteiger partial charge in [0.05, 0.1) is 25.2 Å². The van der Waals surface area contributed by atoms with E-state index in [2.05, 4.69) is 0 Å². The molecular formula is C24H30O11. The maximum atomic E-state index is 12.3. The Morgan fingerprint density at radius 1 is 1.06 bits per heavy atom. The molecule has 0 radical (unpaired) electrons. The van der Waals surface area contributed by atoms with E-state index in [0.717, 1.165) is 5.56 Å². The fraction of sp³-hybridized carbons (Fsp3) is 0.625. The molecule has 4 aliphatic rings. The largest absolute Gasteiger partial charge is 0.459 e. The Labute approximate surface area is 201 Å². The highest BCUT2D eigenvalue weighted by molar-refractivity contribution is 5.87. The summed E-state index contributed by atoms with van der Waals surface area (Å²) in [7, 11) is 0. The number of carbonyl (C=O) groups excluding carboxylic acids is 1. The van der Waals surface area contributed by atoms with Gasteiger partial charge in [-0.25, -0.2) is 4.79 Å². The number of rotatable bonds is 7. The van der Waals surface area contributed by atoms with Crippen LogP contribution >= 0.6 is 0 Å². The minimum Gasteiger partial charge on any atom is -0.459 e. The Morgan fingerprint density at radius 2 is 1.83 bits per heavy atom. The second kappa shape index (κ2) is 9.85. The van der Waals surface area contributed by atoms with Gasteiger partial charge >= 0.3 is 5.97 Å². The predicted octanol–water partition coefficient (Wildman–Crippen LogP) is -1.45. The van der Waals surface area contributed by atoms with Crippen LogP contribution in [0.1, 0.15) is 12.0 Å². The minimum absolute atomic E-state index is 0.133. The maximum Gasteiger partial charge on any atom is 0.330 e. The molecule has 1 aromatic rings. The van der Waals surface area contributed by atoms with E-state index in [4.69, 9.17) is 23.7 Å². The predicted molar refractivity (Wildman–Crippen MR) is 116 cm³/mol. The average molecular weight is 494 g/mol. The van der Waals surface area contributed by atoms with Crippen molar-refractivity contribution in [3.63, 3.8) is 0 Å². The van der Waals surface area contributed by atoms with Crippen LogP contribution in [-0.4, -0.2) is 106 Å². The Morgan fingerprint density at radius 3 is 2.57 bits per heavy atom. The van der Waals surface area contributed by atoms with Crippen molar-refractivity contribution in [1.29, 1.82) is 0 Å². The van der Waals surface area contributed by atoms with Gasteiger partial charge < -0.3 is 49.2 Å². The van der Waals surface area contributed by atoms with Crippen LogP contribution in [0.25, 0.3) is 6.08 Å². The van der Waals surface area contributed by atoms with Gasteiger partial charge in [0.1, 0.15) is 42.7 Å². The summed E-state index contributed by atoms with van der Waals surface area (Å²) >= 11 is 0. The van der Waals surface area contributed by atoms with Gasteiger partial charge in [-0.15, -0.1) is 0 Å². The zero-order chi connectivity index (χ0) is 24.7. The normalized spacial score (nSPS) is 44.6. The van der Waals surface area contributed by atoms with E-state index in [1.54, 1.807) is 6.08 Å². The molecule has 0 amide bonds. The van der Waals surface area contributed by atoms with E-state index in [0.29, 0.717) is 6.42 Å². The topological polar surface area (TPSA) is 168 Å². The SMILES string of the molecule is O=C(/C=C/c1ccccc1)OC[C@]12O[C@H]1[C@@H](O)[C@@H]1CCO[C@@H](O[C@@H]3O[C@H](CO)[C@@H](O)[C@H](O)[C@H]3O)[C@@H]12. The van der Waals surface area contributed by atoms with Crippen molar-refractivity contribution in [2.24, 2.45) is 11.8 Å². The summed E-state index contributed by atoms with van der Waals surface area (Å²) in [5, 5.41) is 50.6. The highest BCUT2D eigenvalue weighted by Crippen LogP contribution is 2.60.